The maximum atomic E-state index is 11.7. The summed E-state index contributed by atoms with van der Waals surface area (Å²) in [6.45, 7) is 6.23. The fourth-order valence-electron chi connectivity index (χ4n) is 1.41. The van der Waals surface area contributed by atoms with Gasteiger partial charge in [0.15, 0.2) is 0 Å². The van der Waals surface area contributed by atoms with E-state index >= 15 is 0 Å². The fourth-order valence-corrected chi connectivity index (χ4v) is 1.61. The minimum absolute atomic E-state index is 0.0230. The maximum Gasteiger partial charge on any atom is 0.287 e. The number of halogens is 1. The quantitative estimate of drug-likeness (QED) is 0.838. The molecule has 6 heteroatoms. The van der Waals surface area contributed by atoms with Crippen molar-refractivity contribution >= 4 is 17.3 Å². The highest BCUT2D eigenvalue weighted by Crippen LogP contribution is 2.18. The van der Waals surface area contributed by atoms with Crippen LogP contribution in [0.5, 0.6) is 0 Å². The zero-order valence-corrected chi connectivity index (χ0v) is 11.0. The largest absolute Gasteiger partial charge is 0.394 e. The number of rotatable bonds is 5. The SMILES string of the molecule is CCn1ncc(N[C@H](CO)C(C)C)c(Cl)c1=O. The van der Waals surface area contributed by atoms with Gasteiger partial charge in [0.05, 0.1) is 24.5 Å². The van der Waals surface area contributed by atoms with Crippen molar-refractivity contribution in [2.75, 3.05) is 11.9 Å². The van der Waals surface area contributed by atoms with Crippen LogP contribution in [0, 0.1) is 5.92 Å². The van der Waals surface area contributed by atoms with E-state index < -0.39 is 0 Å². The highest BCUT2D eigenvalue weighted by Gasteiger charge is 2.15. The first-order valence-electron chi connectivity index (χ1n) is 5.64. The zero-order chi connectivity index (χ0) is 13.0. The monoisotopic (exact) mass is 259 g/mol. The molecule has 96 valence electrons. The van der Waals surface area contributed by atoms with Gasteiger partial charge < -0.3 is 10.4 Å². The van der Waals surface area contributed by atoms with Crippen LogP contribution in [0.3, 0.4) is 0 Å². The molecule has 0 amide bonds. The maximum absolute atomic E-state index is 11.7. The Balaban J connectivity index is 3.00. The fraction of sp³-hybridized carbons (Fsp3) is 0.636. The predicted octanol–water partition coefficient (Wildman–Crippen LogP) is 1.35. The first-order chi connectivity index (χ1) is 8.01. The molecule has 0 aromatic carbocycles. The summed E-state index contributed by atoms with van der Waals surface area (Å²) in [7, 11) is 0. The number of nitrogens with one attached hydrogen (secondary N) is 1. The van der Waals surface area contributed by atoms with Crippen LogP contribution < -0.4 is 10.9 Å². The van der Waals surface area contributed by atoms with E-state index in [1.165, 1.54) is 10.9 Å². The molecule has 0 saturated heterocycles. The first kappa shape index (κ1) is 14.0. The van der Waals surface area contributed by atoms with Crippen LogP contribution in [0.15, 0.2) is 11.0 Å². The van der Waals surface area contributed by atoms with Crippen molar-refractivity contribution in [1.29, 1.82) is 0 Å². The summed E-state index contributed by atoms with van der Waals surface area (Å²) in [6.07, 6.45) is 1.51. The third-order valence-corrected chi connectivity index (χ3v) is 2.99. The number of aliphatic hydroxyl groups excluding tert-OH is 1. The lowest BCUT2D eigenvalue weighted by atomic mass is 10.1. The Bertz CT molecular complexity index is 431. The van der Waals surface area contributed by atoms with E-state index in [4.69, 9.17) is 11.6 Å². The molecule has 1 heterocycles. The Morgan fingerprint density at radius 3 is 2.71 bits per heavy atom. The number of hydrogen-bond acceptors (Lipinski definition) is 4. The molecular weight excluding hydrogens is 242 g/mol. The van der Waals surface area contributed by atoms with E-state index in [1.807, 2.05) is 20.8 Å². The van der Waals surface area contributed by atoms with E-state index in [9.17, 15) is 9.90 Å². The van der Waals surface area contributed by atoms with Crippen molar-refractivity contribution in [3.05, 3.63) is 21.6 Å². The Morgan fingerprint density at radius 1 is 1.59 bits per heavy atom. The molecule has 0 aliphatic heterocycles. The van der Waals surface area contributed by atoms with Crippen LogP contribution in [0.2, 0.25) is 5.02 Å². The lowest BCUT2D eigenvalue weighted by Crippen LogP contribution is -2.31. The molecule has 1 aromatic rings. The van der Waals surface area contributed by atoms with Crippen molar-refractivity contribution in [3.63, 3.8) is 0 Å². The van der Waals surface area contributed by atoms with Gasteiger partial charge in [-0.1, -0.05) is 25.4 Å². The summed E-state index contributed by atoms with van der Waals surface area (Å²) in [5.41, 5.74) is 0.147. The van der Waals surface area contributed by atoms with Gasteiger partial charge in [0, 0.05) is 6.54 Å². The second-order valence-electron chi connectivity index (χ2n) is 4.17. The molecule has 0 unspecified atom stereocenters. The number of anilines is 1. The third kappa shape index (κ3) is 3.20. The average molecular weight is 260 g/mol. The summed E-state index contributed by atoms with van der Waals surface area (Å²) < 4.78 is 1.29. The number of aromatic nitrogens is 2. The predicted molar refractivity (Wildman–Crippen MR) is 68.5 cm³/mol. The van der Waals surface area contributed by atoms with Crippen LogP contribution in [0.25, 0.3) is 0 Å². The van der Waals surface area contributed by atoms with Crippen molar-refractivity contribution in [2.45, 2.75) is 33.4 Å². The van der Waals surface area contributed by atoms with E-state index in [0.717, 1.165) is 0 Å². The van der Waals surface area contributed by atoms with Gasteiger partial charge in [-0.15, -0.1) is 0 Å². The molecular formula is C11H18ClN3O2. The lowest BCUT2D eigenvalue weighted by molar-refractivity contribution is 0.249. The van der Waals surface area contributed by atoms with E-state index in [2.05, 4.69) is 10.4 Å². The Kier molecular flexibility index (Phi) is 4.96. The van der Waals surface area contributed by atoms with Gasteiger partial charge in [0.2, 0.25) is 0 Å². The summed E-state index contributed by atoms with van der Waals surface area (Å²) in [5.74, 6) is 0.227. The molecule has 0 saturated carbocycles. The Morgan fingerprint density at radius 2 is 2.24 bits per heavy atom. The highest BCUT2D eigenvalue weighted by molar-refractivity contribution is 6.32. The van der Waals surface area contributed by atoms with Gasteiger partial charge in [-0.25, -0.2) is 4.68 Å². The second kappa shape index (κ2) is 6.02. The Labute approximate surface area is 105 Å². The second-order valence-corrected chi connectivity index (χ2v) is 4.55. The van der Waals surface area contributed by atoms with Crippen molar-refractivity contribution in [2.24, 2.45) is 5.92 Å². The molecule has 0 aliphatic rings. The number of aryl methyl sites for hydroxylation is 1. The van der Waals surface area contributed by atoms with Crippen LogP contribution in [-0.2, 0) is 6.54 Å². The summed E-state index contributed by atoms with van der Waals surface area (Å²) in [6, 6.07) is -0.147. The molecule has 5 nitrogen and oxygen atoms in total. The normalized spacial score (nSPS) is 12.8. The Hall–Kier alpha value is -1.07. The van der Waals surface area contributed by atoms with Crippen LogP contribution in [0.1, 0.15) is 20.8 Å². The van der Waals surface area contributed by atoms with Crippen LogP contribution in [0.4, 0.5) is 5.69 Å². The molecule has 0 fully saturated rings. The summed E-state index contributed by atoms with van der Waals surface area (Å²) in [4.78, 5) is 11.7. The lowest BCUT2D eigenvalue weighted by Gasteiger charge is -2.21. The molecule has 0 radical (unpaired) electrons. The molecule has 1 atom stereocenters. The molecule has 17 heavy (non-hydrogen) atoms. The van der Waals surface area contributed by atoms with Gasteiger partial charge in [-0.2, -0.15) is 5.10 Å². The molecule has 0 bridgehead atoms. The van der Waals surface area contributed by atoms with E-state index in [-0.39, 0.29) is 29.1 Å². The van der Waals surface area contributed by atoms with Gasteiger partial charge in [-0.05, 0) is 12.8 Å². The van der Waals surface area contributed by atoms with E-state index in [1.54, 1.807) is 0 Å². The topological polar surface area (TPSA) is 67.2 Å². The summed E-state index contributed by atoms with van der Waals surface area (Å²) in [5, 5.41) is 16.3. The molecule has 0 spiro atoms. The minimum Gasteiger partial charge on any atom is -0.394 e. The van der Waals surface area contributed by atoms with Gasteiger partial charge in [-0.3, -0.25) is 4.79 Å². The molecule has 0 aliphatic carbocycles. The van der Waals surface area contributed by atoms with Crippen LogP contribution in [-0.4, -0.2) is 27.5 Å². The number of hydrogen-bond donors (Lipinski definition) is 2. The molecule has 2 N–H and O–H groups in total. The van der Waals surface area contributed by atoms with Gasteiger partial charge in [0.1, 0.15) is 5.02 Å². The standard InChI is InChI=1S/C11H18ClN3O2/c1-4-15-11(17)10(12)8(5-13-15)14-9(6-16)7(2)3/h5,7,9,14,16H,4,6H2,1-3H3/t9-/m1/s1. The first-order valence-corrected chi connectivity index (χ1v) is 6.02. The van der Waals surface area contributed by atoms with E-state index in [0.29, 0.717) is 12.2 Å². The molecule has 1 aromatic heterocycles. The van der Waals surface area contributed by atoms with Crippen LogP contribution >= 0.6 is 11.6 Å². The summed E-state index contributed by atoms with van der Waals surface area (Å²) >= 11 is 5.97. The van der Waals surface area contributed by atoms with Crippen molar-refractivity contribution in [1.82, 2.24) is 9.78 Å². The smallest absolute Gasteiger partial charge is 0.287 e. The zero-order valence-electron chi connectivity index (χ0n) is 10.3. The van der Waals surface area contributed by atoms with Crippen molar-refractivity contribution in [3.8, 4) is 0 Å². The van der Waals surface area contributed by atoms with Gasteiger partial charge >= 0.3 is 0 Å². The highest BCUT2D eigenvalue weighted by atomic mass is 35.5. The van der Waals surface area contributed by atoms with Gasteiger partial charge in [0.25, 0.3) is 5.56 Å². The minimum atomic E-state index is -0.320. The third-order valence-electron chi connectivity index (χ3n) is 2.63. The average Bonchev–Trinajstić information content (AvgIpc) is 2.30. The number of aliphatic hydroxyl groups is 1. The number of nitrogens with zero attached hydrogens (tertiary/aromatic N) is 2. The van der Waals surface area contributed by atoms with Crippen molar-refractivity contribution < 1.29 is 5.11 Å². The molecule has 1 rings (SSSR count).